The predicted octanol–water partition coefficient (Wildman–Crippen LogP) is 18.5. The number of nitrogens with zero attached hydrogens (tertiary/aromatic N) is 1. The quantitative estimate of drug-likeness (QED) is 0.0211. The first kappa shape index (κ1) is 72.7. The van der Waals surface area contributed by atoms with Crippen molar-refractivity contribution in [2.45, 2.75) is 245 Å². The number of carboxylic acids is 1. The van der Waals surface area contributed by atoms with Crippen LogP contribution in [0.4, 0.5) is 0 Å². The Morgan fingerprint density at radius 1 is 0.390 bits per heavy atom. The van der Waals surface area contributed by atoms with Gasteiger partial charge >= 0.3 is 17.9 Å². The highest BCUT2D eigenvalue weighted by atomic mass is 16.7. The van der Waals surface area contributed by atoms with Gasteiger partial charge in [0.1, 0.15) is 13.2 Å². The second-order valence-corrected chi connectivity index (χ2v) is 21.2. The molecule has 2 unspecified atom stereocenters. The second kappa shape index (κ2) is 57.9. The average molecular weight is 1070 g/mol. The van der Waals surface area contributed by atoms with Crippen LogP contribution in [0, 0.1) is 0 Å². The van der Waals surface area contributed by atoms with Crippen molar-refractivity contribution in [2.75, 3.05) is 47.5 Å². The maximum Gasteiger partial charge on any atom is 0.361 e. The van der Waals surface area contributed by atoms with Gasteiger partial charge in [-0.15, -0.1) is 0 Å². The lowest BCUT2D eigenvalue weighted by Crippen LogP contribution is -2.40. The van der Waals surface area contributed by atoms with Crippen LogP contribution < -0.4 is 0 Å². The summed E-state index contributed by atoms with van der Waals surface area (Å²) in [6.07, 6.45) is 78.7. The number of unbranched alkanes of at least 4 members (excludes halogenated alkanes) is 20. The van der Waals surface area contributed by atoms with Gasteiger partial charge in [-0.25, -0.2) is 4.79 Å². The number of hydrogen-bond donors (Lipinski definition) is 1. The number of ether oxygens (including phenoxy) is 4. The predicted molar refractivity (Wildman–Crippen MR) is 327 cm³/mol. The van der Waals surface area contributed by atoms with Gasteiger partial charge in [0.2, 0.25) is 0 Å². The third-order valence-corrected chi connectivity index (χ3v) is 12.7. The molecule has 9 nitrogen and oxygen atoms in total. The molecular weight excluding hydrogens is 959 g/mol. The number of carbonyl (C=O) groups is 3. The zero-order valence-electron chi connectivity index (χ0n) is 49.8. The van der Waals surface area contributed by atoms with E-state index >= 15 is 0 Å². The Bertz CT molecular complexity index is 1670. The van der Waals surface area contributed by atoms with Gasteiger partial charge in [-0.1, -0.05) is 238 Å². The highest BCUT2D eigenvalue weighted by Crippen LogP contribution is 2.16. The van der Waals surface area contributed by atoms with Crippen molar-refractivity contribution in [1.82, 2.24) is 0 Å². The molecule has 0 radical (unpaired) electrons. The number of rotatable bonds is 55. The molecule has 77 heavy (non-hydrogen) atoms. The van der Waals surface area contributed by atoms with Gasteiger partial charge < -0.3 is 28.5 Å². The summed E-state index contributed by atoms with van der Waals surface area (Å²) >= 11 is 0. The van der Waals surface area contributed by atoms with E-state index in [1.165, 1.54) is 77.0 Å². The van der Waals surface area contributed by atoms with Gasteiger partial charge in [0.25, 0.3) is 6.29 Å². The molecule has 0 aromatic heterocycles. The van der Waals surface area contributed by atoms with Crippen LogP contribution in [0.5, 0.6) is 0 Å². The summed E-state index contributed by atoms with van der Waals surface area (Å²) in [5.41, 5.74) is 0. The molecule has 9 heteroatoms. The molecule has 0 bridgehead atoms. The zero-order valence-corrected chi connectivity index (χ0v) is 49.8. The summed E-state index contributed by atoms with van der Waals surface area (Å²) in [5.74, 6) is -2.03. The van der Waals surface area contributed by atoms with Crippen molar-refractivity contribution in [3.05, 3.63) is 122 Å². The largest absolute Gasteiger partial charge is 0.477 e. The molecule has 0 aromatic carbocycles. The smallest absolute Gasteiger partial charge is 0.361 e. The molecular formula is C68H114NO8+. The molecule has 0 heterocycles. The molecule has 0 rings (SSSR count). The standard InChI is InChI=1S/C68H113NO8/c1-6-8-10-12-14-16-18-20-22-23-24-25-26-27-28-29-30-31-32-33-34-35-36-37-38-39-40-41-42-43-45-47-49-51-53-55-57-59-66(71)77-64(63-76-68(67(72)73)74-61-60-69(3,4)5)62-75-65(70)58-56-54-52-50-48-46-44-21-19-17-15-13-11-9-7-2/h8-11,14-17,20-22,24-25,27-28,30-31,33-34,44,64,68H,6-7,12-13,18-19,23,26,29,32,35-43,45-63H2,1-5H3/p+1/b10-8-,11-9-,16-14-,17-15-,22-20-,25-24-,28-27-,31-30-,34-33-,44-21-. The number of esters is 2. The number of quaternary nitrogens is 1. The van der Waals surface area contributed by atoms with E-state index in [-0.39, 0.29) is 38.6 Å². The fraction of sp³-hybridized carbons (Fsp3) is 0.662. The van der Waals surface area contributed by atoms with E-state index in [0.717, 1.165) is 122 Å². The third kappa shape index (κ3) is 59.2. The van der Waals surface area contributed by atoms with Gasteiger partial charge in [-0.2, -0.15) is 0 Å². The zero-order chi connectivity index (χ0) is 56.2. The van der Waals surface area contributed by atoms with E-state index in [1.807, 2.05) is 21.1 Å². The Labute approximate surface area is 472 Å². The SMILES string of the molecule is CC/C=C\C/C=C\C/C=C\C/C=C\C/C=C\C/C=C\C/C=C\CCCCCCCCCCCCCCCCCC(=O)OC(COC(=O)CCCCCCC/C=C\C/C=C\C/C=C\CC)COC(OCC[N+](C)(C)C)C(=O)O. The second-order valence-electron chi connectivity index (χ2n) is 21.2. The normalized spacial score (nSPS) is 13.6. The lowest BCUT2D eigenvalue weighted by molar-refractivity contribution is -0.870. The molecule has 0 aliphatic rings. The summed E-state index contributed by atoms with van der Waals surface area (Å²) in [5, 5.41) is 9.70. The lowest BCUT2D eigenvalue weighted by atomic mass is 10.0. The number of allylic oxidation sites excluding steroid dienone is 20. The van der Waals surface area contributed by atoms with E-state index in [2.05, 4.69) is 135 Å². The molecule has 0 aliphatic heterocycles. The van der Waals surface area contributed by atoms with Crippen molar-refractivity contribution in [3.63, 3.8) is 0 Å². The highest BCUT2D eigenvalue weighted by molar-refractivity contribution is 5.71. The van der Waals surface area contributed by atoms with Crippen molar-refractivity contribution >= 4 is 17.9 Å². The molecule has 1 N–H and O–H groups in total. The Morgan fingerprint density at radius 2 is 0.701 bits per heavy atom. The van der Waals surface area contributed by atoms with E-state index in [4.69, 9.17) is 18.9 Å². The monoisotopic (exact) mass is 1070 g/mol. The Morgan fingerprint density at radius 3 is 1.04 bits per heavy atom. The summed E-state index contributed by atoms with van der Waals surface area (Å²) in [4.78, 5) is 37.4. The first-order chi connectivity index (χ1) is 37.6. The van der Waals surface area contributed by atoms with Crippen LogP contribution in [0.3, 0.4) is 0 Å². The number of carbonyl (C=O) groups excluding carboxylic acids is 2. The molecule has 0 aliphatic carbocycles. The number of likely N-dealkylation sites (N-methyl/N-ethyl adjacent to an activating group) is 1. The van der Waals surface area contributed by atoms with Crippen molar-refractivity contribution in [3.8, 4) is 0 Å². The molecule has 0 saturated carbocycles. The molecule has 0 saturated heterocycles. The van der Waals surface area contributed by atoms with E-state index in [0.29, 0.717) is 17.4 Å². The third-order valence-electron chi connectivity index (χ3n) is 12.7. The first-order valence-electron chi connectivity index (χ1n) is 30.7. The Kier molecular flexibility index (Phi) is 54.6. The van der Waals surface area contributed by atoms with Crippen LogP contribution >= 0.6 is 0 Å². The molecule has 0 aromatic rings. The van der Waals surface area contributed by atoms with Crippen LogP contribution in [-0.4, -0.2) is 87.4 Å². The molecule has 0 fully saturated rings. The maximum absolute atomic E-state index is 12.9. The van der Waals surface area contributed by atoms with E-state index in [1.54, 1.807) is 0 Å². The van der Waals surface area contributed by atoms with Crippen molar-refractivity contribution < 1.29 is 42.9 Å². The molecule has 0 amide bonds. The van der Waals surface area contributed by atoms with Gasteiger partial charge in [-0.3, -0.25) is 9.59 Å². The summed E-state index contributed by atoms with van der Waals surface area (Å²) in [6.45, 7) is 4.62. The minimum Gasteiger partial charge on any atom is -0.477 e. The van der Waals surface area contributed by atoms with Crippen LogP contribution in [0.15, 0.2) is 122 Å². The van der Waals surface area contributed by atoms with Gasteiger partial charge in [0.05, 0.1) is 34.4 Å². The van der Waals surface area contributed by atoms with Crippen LogP contribution in [0.1, 0.15) is 232 Å². The summed E-state index contributed by atoms with van der Waals surface area (Å²) in [6, 6.07) is 0. The highest BCUT2D eigenvalue weighted by Gasteiger charge is 2.25. The minimum atomic E-state index is -1.52. The fourth-order valence-electron chi connectivity index (χ4n) is 8.07. The Balaban J connectivity index is 4.11. The van der Waals surface area contributed by atoms with Gasteiger partial charge in [0.15, 0.2) is 6.10 Å². The molecule has 2 atom stereocenters. The number of hydrogen-bond acceptors (Lipinski definition) is 7. The number of carboxylic acid groups (broad SMARTS) is 1. The van der Waals surface area contributed by atoms with E-state index < -0.39 is 24.3 Å². The van der Waals surface area contributed by atoms with Gasteiger partial charge in [0, 0.05) is 12.8 Å². The average Bonchev–Trinajstić information content (AvgIpc) is 3.40. The summed E-state index contributed by atoms with van der Waals surface area (Å²) in [7, 11) is 5.96. The molecule has 0 spiro atoms. The topological polar surface area (TPSA) is 108 Å². The lowest BCUT2D eigenvalue weighted by Gasteiger charge is -2.25. The van der Waals surface area contributed by atoms with Crippen LogP contribution in [0.25, 0.3) is 0 Å². The van der Waals surface area contributed by atoms with Crippen LogP contribution in [-0.2, 0) is 33.3 Å². The fourth-order valence-corrected chi connectivity index (χ4v) is 8.07. The molecule has 438 valence electrons. The maximum atomic E-state index is 12.9. The Hall–Kier alpha value is -4.31. The first-order valence-corrected chi connectivity index (χ1v) is 30.7. The van der Waals surface area contributed by atoms with Gasteiger partial charge in [-0.05, 0) is 103 Å². The van der Waals surface area contributed by atoms with E-state index in [9.17, 15) is 19.5 Å². The summed E-state index contributed by atoms with van der Waals surface area (Å²) < 4.78 is 22.9. The van der Waals surface area contributed by atoms with Crippen molar-refractivity contribution in [1.29, 1.82) is 0 Å². The van der Waals surface area contributed by atoms with Crippen LogP contribution in [0.2, 0.25) is 0 Å². The minimum absolute atomic E-state index is 0.180. The van der Waals surface area contributed by atoms with Crippen molar-refractivity contribution in [2.24, 2.45) is 0 Å². The number of aliphatic carboxylic acids is 1.